The van der Waals surface area contributed by atoms with Crippen molar-refractivity contribution in [2.75, 3.05) is 0 Å². The van der Waals surface area contributed by atoms with Crippen LogP contribution in [0.25, 0.3) is 0 Å². The lowest BCUT2D eigenvalue weighted by Gasteiger charge is -2.45. The Kier molecular flexibility index (Phi) is 4.53. The van der Waals surface area contributed by atoms with E-state index in [4.69, 9.17) is 5.73 Å². The molecule has 2 fully saturated rings. The van der Waals surface area contributed by atoms with E-state index in [2.05, 4.69) is 15.4 Å². The Balaban J connectivity index is 1.51. The van der Waals surface area contributed by atoms with Gasteiger partial charge in [-0.05, 0) is 49.1 Å². The van der Waals surface area contributed by atoms with Gasteiger partial charge >= 0.3 is 0 Å². The highest BCUT2D eigenvalue weighted by Gasteiger charge is 2.40. The molecule has 25 heavy (non-hydrogen) atoms. The van der Waals surface area contributed by atoms with Crippen LogP contribution in [0.5, 0.6) is 0 Å². The summed E-state index contributed by atoms with van der Waals surface area (Å²) >= 11 is 0. The number of nitrogens with one attached hydrogen (secondary N) is 1. The summed E-state index contributed by atoms with van der Waals surface area (Å²) in [5, 5.41) is 7.48. The Hall–Kier alpha value is -2.21. The predicted octanol–water partition coefficient (Wildman–Crippen LogP) is 1.96. The van der Waals surface area contributed by atoms with Crippen molar-refractivity contribution in [3.05, 3.63) is 48.0 Å². The van der Waals surface area contributed by atoms with E-state index >= 15 is 0 Å². The van der Waals surface area contributed by atoms with E-state index in [9.17, 15) is 4.79 Å². The fourth-order valence-electron chi connectivity index (χ4n) is 4.62. The standard InChI is InChI=1S/C19H25N5O/c20-16-8-13-5-3-6-14(9-16)18(13)23-19(25)17-7-2-1-4-15(17)10-24-12-21-11-22-24/h1-2,4,7,11-14,16,18H,3,5-6,8-10,20H2,(H,23,25). The first-order valence-corrected chi connectivity index (χ1v) is 9.17. The van der Waals surface area contributed by atoms with Crippen LogP contribution < -0.4 is 11.1 Å². The molecule has 1 heterocycles. The van der Waals surface area contributed by atoms with Crippen LogP contribution in [0.4, 0.5) is 0 Å². The Labute approximate surface area is 147 Å². The molecule has 2 atom stereocenters. The number of fused-ring (bicyclic) bond motifs is 2. The summed E-state index contributed by atoms with van der Waals surface area (Å²) in [6.07, 6.45) is 8.85. The first-order valence-electron chi connectivity index (χ1n) is 9.17. The van der Waals surface area contributed by atoms with Crippen molar-refractivity contribution >= 4 is 5.91 Å². The van der Waals surface area contributed by atoms with Crippen LogP contribution in [-0.4, -0.2) is 32.8 Å². The van der Waals surface area contributed by atoms with Crippen molar-refractivity contribution in [1.82, 2.24) is 20.1 Å². The fraction of sp³-hybridized carbons (Fsp3) is 0.526. The Morgan fingerprint density at radius 2 is 2.00 bits per heavy atom. The molecule has 2 unspecified atom stereocenters. The molecule has 6 heteroatoms. The Morgan fingerprint density at radius 3 is 2.72 bits per heavy atom. The zero-order valence-electron chi connectivity index (χ0n) is 14.3. The third-order valence-electron chi connectivity index (χ3n) is 5.74. The van der Waals surface area contributed by atoms with Crippen LogP contribution in [0.2, 0.25) is 0 Å². The largest absolute Gasteiger partial charge is 0.349 e. The van der Waals surface area contributed by atoms with Gasteiger partial charge in [-0.25, -0.2) is 9.67 Å². The van der Waals surface area contributed by atoms with Crippen LogP contribution in [0, 0.1) is 11.8 Å². The van der Waals surface area contributed by atoms with Gasteiger partial charge in [0, 0.05) is 17.6 Å². The number of hydrogen-bond donors (Lipinski definition) is 2. The van der Waals surface area contributed by atoms with E-state index in [-0.39, 0.29) is 11.9 Å². The Bertz CT molecular complexity index is 715. The number of rotatable bonds is 4. The second-order valence-electron chi connectivity index (χ2n) is 7.43. The highest BCUT2D eigenvalue weighted by atomic mass is 16.1. The lowest BCUT2D eigenvalue weighted by Crippen LogP contribution is -2.53. The first kappa shape index (κ1) is 16.3. The summed E-state index contributed by atoms with van der Waals surface area (Å²) < 4.78 is 1.74. The highest BCUT2D eigenvalue weighted by Crippen LogP contribution is 2.39. The van der Waals surface area contributed by atoms with Crippen LogP contribution in [-0.2, 0) is 6.54 Å². The van der Waals surface area contributed by atoms with E-state index in [1.807, 2.05) is 24.3 Å². The maximum atomic E-state index is 13.0. The number of carbonyl (C=O) groups is 1. The number of carbonyl (C=O) groups excluding carboxylic acids is 1. The molecule has 0 aliphatic heterocycles. The second-order valence-corrected chi connectivity index (χ2v) is 7.43. The quantitative estimate of drug-likeness (QED) is 0.892. The van der Waals surface area contributed by atoms with Crippen LogP contribution in [0.1, 0.15) is 48.0 Å². The van der Waals surface area contributed by atoms with Crippen molar-refractivity contribution in [3.8, 4) is 0 Å². The van der Waals surface area contributed by atoms with Gasteiger partial charge in [-0.1, -0.05) is 24.6 Å². The minimum Gasteiger partial charge on any atom is -0.349 e. The molecule has 1 aromatic heterocycles. The van der Waals surface area contributed by atoms with E-state index in [0.717, 1.165) is 24.0 Å². The van der Waals surface area contributed by atoms with Gasteiger partial charge in [0.15, 0.2) is 0 Å². The van der Waals surface area contributed by atoms with Gasteiger partial charge in [-0.15, -0.1) is 0 Å². The SMILES string of the molecule is NC1CC2CCCC(C1)C2NC(=O)c1ccccc1Cn1cncn1. The molecule has 2 aliphatic carbocycles. The molecule has 6 nitrogen and oxygen atoms in total. The number of aromatic nitrogens is 3. The lowest BCUT2D eigenvalue weighted by molar-refractivity contribution is 0.0755. The number of nitrogens with two attached hydrogens (primary N) is 1. The van der Waals surface area contributed by atoms with Gasteiger partial charge in [-0.2, -0.15) is 5.10 Å². The van der Waals surface area contributed by atoms with E-state index < -0.39 is 0 Å². The third-order valence-corrected chi connectivity index (χ3v) is 5.74. The molecular weight excluding hydrogens is 314 g/mol. The molecule has 2 aromatic rings. The monoisotopic (exact) mass is 339 g/mol. The van der Waals surface area contributed by atoms with Crippen molar-refractivity contribution in [2.24, 2.45) is 17.6 Å². The molecule has 0 radical (unpaired) electrons. The predicted molar refractivity (Wildman–Crippen MR) is 94.9 cm³/mol. The Morgan fingerprint density at radius 1 is 1.24 bits per heavy atom. The van der Waals surface area contributed by atoms with E-state index in [1.54, 1.807) is 11.0 Å². The molecule has 2 saturated carbocycles. The maximum Gasteiger partial charge on any atom is 0.251 e. The van der Waals surface area contributed by atoms with Crippen molar-refractivity contribution in [3.63, 3.8) is 0 Å². The smallest absolute Gasteiger partial charge is 0.251 e. The number of amides is 1. The van der Waals surface area contributed by atoms with Gasteiger partial charge in [-0.3, -0.25) is 4.79 Å². The summed E-state index contributed by atoms with van der Waals surface area (Å²) in [6, 6.07) is 8.30. The van der Waals surface area contributed by atoms with Gasteiger partial charge < -0.3 is 11.1 Å². The maximum absolute atomic E-state index is 13.0. The average Bonchev–Trinajstić information content (AvgIpc) is 3.09. The summed E-state index contributed by atoms with van der Waals surface area (Å²) in [5.41, 5.74) is 7.89. The van der Waals surface area contributed by atoms with Crippen LogP contribution in [0.3, 0.4) is 0 Å². The van der Waals surface area contributed by atoms with Crippen LogP contribution >= 0.6 is 0 Å². The second kappa shape index (κ2) is 6.96. The third kappa shape index (κ3) is 3.44. The van der Waals surface area contributed by atoms with Crippen LogP contribution in [0.15, 0.2) is 36.9 Å². The average molecular weight is 339 g/mol. The normalized spacial score (nSPS) is 28.5. The molecule has 1 amide bonds. The topological polar surface area (TPSA) is 85.8 Å². The molecule has 3 N–H and O–H groups in total. The van der Waals surface area contributed by atoms with Gasteiger partial charge in [0.25, 0.3) is 5.91 Å². The summed E-state index contributed by atoms with van der Waals surface area (Å²) in [5.74, 6) is 1.07. The molecule has 132 valence electrons. The lowest BCUT2D eigenvalue weighted by atomic mass is 9.67. The van der Waals surface area contributed by atoms with Gasteiger partial charge in [0.05, 0.1) is 6.54 Å². The van der Waals surface area contributed by atoms with Crippen molar-refractivity contribution in [1.29, 1.82) is 0 Å². The van der Waals surface area contributed by atoms with E-state index in [1.165, 1.54) is 25.6 Å². The molecule has 1 aromatic carbocycles. The summed E-state index contributed by atoms with van der Waals surface area (Å²) in [7, 11) is 0. The fourth-order valence-corrected chi connectivity index (χ4v) is 4.62. The number of hydrogen-bond acceptors (Lipinski definition) is 4. The number of benzene rings is 1. The number of nitrogens with zero attached hydrogens (tertiary/aromatic N) is 3. The molecule has 2 aliphatic rings. The van der Waals surface area contributed by atoms with Gasteiger partial charge in [0.2, 0.25) is 0 Å². The molecular formula is C19H25N5O. The minimum atomic E-state index is 0.0214. The minimum absolute atomic E-state index is 0.0214. The molecule has 0 saturated heterocycles. The van der Waals surface area contributed by atoms with E-state index in [0.29, 0.717) is 24.4 Å². The summed E-state index contributed by atoms with van der Waals surface area (Å²) in [6.45, 7) is 0.548. The van der Waals surface area contributed by atoms with Crippen molar-refractivity contribution < 1.29 is 4.79 Å². The van der Waals surface area contributed by atoms with Gasteiger partial charge in [0.1, 0.15) is 12.7 Å². The van der Waals surface area contributed by atoms with Crippen molar-refractivity contribution in [2.45, 2.75) is 50.7 Å². The highest BCUT2D eigenvalue weighted by molar-refractivity contribution is 5.95. The zero-order chi connectivity index (χ0) is 17.2. The summed E-state index contributed by atoms with van der Waals surface area (Å²) in [4.78, 5) is 17.0. The molecule has 4 rings (SSSR count). The first-order chi connectivity index (χ1) is 12.2. The molecule has 0 spiro atoms. The zero-order valence-corrected chi connectivity index (χ0v) is 14.3. The molecule has 2 bridgehead atoms.